The van der Waals surface area contributed by atoms with Crippen molar-refractivity contribution in [1.29, 1.82) is 0 Å². The fraction of sp³-hybridized carbons (Fsp3) is 0.364. The number of piperazine rings is 1. The lowest BCUT2D eigenvalue weighted by Crippen LogP contribution is -2.43. The van der Waals surface area contributed by atoms with Crippen molar-refractivity contribution in [3.63, 3.8) is 0 Å². The first-order valence-electron chi connectivity index (χ1n) is 10.1. The Morgan fingerprint density at radius 3 is 2.45 bits per heavy atom. The Morgan fingerprint density at radius 2 is 1.79 bits per heavy atom. The minimum Gasteiger partial charge on any atom is -0.369 e. The second-order valence-corrected chi connectivity index (χ2v) is 7.42. The molecule has 1 saturated heterocycles. The lowest BCUT2D eigenvalue weighted by molar-refractivity contribution is 0.0946. The molecule has 7 heteroatoms. The summed E-state index contributed by atoms with van der Waals surface area (Å²) in [5, 5.41) is 2.95. The number of carbonyl (C=O) groups is 1. The van der Waals surface area contributed by atoms with Crippen molar-refractivity contribution in [3.8, 4) is 0 Å². The van der Waals surface area contributed by atoms with E-state index in [1.165, 1.54) is 5.69 Å². The molecule has 0 saturated carbocycles. The van der Waals surface area contributed by atoms with E-state index in [1.54, 1.807) is 6.20 Å². The average Bonchev–Trinajstić information content (AvgIpc) is 3.24. The number of nitrogens with zero attached hydrogens (tertiary/aromatic N) is 4. The number of nitrogens with one attached hydrogen (secondary N) is 1. The predicted octanol–water partition coefficient (Wildman–Crippen LogP) is 3.69. The van der Waals surface area contributed by atoms with Gasteiger partial charge in [0.25, 0.3) is 5.91 Å². The second kappa shape index (κ2) is 10.3. The molecule has 4 rings (SSSR count). The fourth-order valence-corrected chi connectivity index (χ4v) is 3.80. The van der Waals surface area contributed by atoms with Gasteiger partial charge in [-0.1, -0.05) is 44.0 Å². The fourth-order valence-electron chi connectivity index (χ4n) is 3.27. The average molecular weight is 412 g/mol. The summed E-state index contributed by atoms with van der Waals surface area (Å²) >= 11 is 1.81. The molecule has 1 aliphatic rings. The monoisotopic (exact) mass is 411 g/mol. The highest BCUT2D eigenvalue weighted by Gasteiger charge is 2.16. The first kappa shape index (κ1) is 21.2. The molecule has 0 bridgehead atoms. The summed E-state index contributed by atoms with van der Waals surface area (Å²) in [6.45, 7) is 8.75. The van der Waals surface area contributed by atoms with E-state index < -0.39 is 0 Å². The van der Waals surface area contributed by atoms with Crippen LogP contribution in [0.3, 0.4) is 0 Å². The SMILES string of the molecule is CC.CSN1CCN(c2ccc(CNC(=O)c3cn4ccccc4n3)cc2)CC1. The molecule has 2 aromatic heterocycles. The molecule has 6 nitrogen and oxygen atoms in total. The van der Waals surface area contributed by atoms with Crippen molar-refractivity contribution >= 4 is 29.2 Å². The Bertz CT molecular complexity index is 883. The number of amides is 1. The summed E-state index contributed by atoms with van der Waals surface area (Å²) in [6, 6.07) is 14.2. The summed E-state index contributed by atoms with van der Waals surface area (Å²) in [6.07, 6.45) is 5.77. The first-order chi connectivity index (χ1) is 14.2. The van der Waals surface area contributed by atoms with Gasteiger partial charge in [0.2, 0.25) is 0 Å². The number of imidazole rings is 1. The van der Waals surface area contributed by atoms with E-state index in [1.807, 2.05) is 54.6 Å². The van der Waals surface area contributed by atoms with Crippen molar-refractivity contribution < 1.29 is 4.79 Å². The van der Waals surface area contributed by atoms with Gasteiger partial charge in [-0.05, 0) is 36.1 Å². The van der Waals surface area contributed by atoms with Crippen molar-refractivity contribution in [2.24, 2.45) is 0 Å². The molecule has 1 amide bonds. The highest BCUT2D eigenvalue weighted by Crippen LogP contribution is 2.19. The van der Waals surface area contributed by atoms with Crippen LogP contribution in [0.15, 0.2) is 54.9 Å². The van der Waals surface area contributed by atoms with Crippen LogP contribution in [-0.2, 0) is 6.54 Å². The maximum absolute atomic E-state index is 12.4. The normalized spacial score (nSPS) is 14.4. The summed E-state index contributed by atoms with van der Waals surface area (Å²) in [5.41, 5.74) is 3.53. The molecule has 1 aromatic carbocycles. The standard InChI is InChI=1S/C20H23N5OS.C2H6/c1-27-25-12-10-23(11-13-25)17-7-5-16(6-8-17)14-21-20(26)18-15-24-9-3-2-4-19(24)22-18;1-2/h2-9,15H,10-14H2,1H3,(H,21,26);1-2H3. The maximum atomic E-state index is 12.4. The van der Waals surface area contributed by atoms with Crippen LogP contribution in [0, 0.1) is 0 Å². The predicted molar refractivity (Wildman–Crippen MR) is 121 cm³/mol. The molecule has 0 radical (unpaired) electrons. The summed E-state index contributed by atoms with van der Waals surface area (Å²) in [4.78, 5) is 19.1. The number of fused-ring (bicyclic) bond motifs is 1. The van der Waals surface area contributed by atoms with Crippen LogP contribution < -0.4 is 10.2 Å². The Morgan fingerprint density at radius 1 is 1.07 bits per heavy atom. The van der Waals surface area contributed by atoms with Gasteiger partial charge in [-0.3, -0.25) is 4.79 Å². The molecule has 0 atom stereocenters. The van der Waals surface area contributed by atoms with Crippen molar-refractivity contribution in [3.05, 3.63) is 66.1 Å². The van der Waals surface area contributed by atoms with Gasteiger partial charge in [0.15, 0.2) is 0 Å². The number of carbonyl (C=O) groups excluding carboxylic acids is 1. The van der Waals surface area contributed by atoms with Crippen LogP contribution in [0.5, 0.6) is 0 Å². The Hall–Kier alpha value is -2.51. The van der Waals surface area contributed by atoms with Crippen LogP contribution >= 0.6 is 11.9 Å². The smallest absolute Gasteiger partial charge is 0.271 e. The topological polar surface area (TPSA) is 52.9 Å². The van der Waals surface area contributed by atoms with E-state index >= 15 is 0 Å². The van der Waals surface area contributed by atoms with Crippen molar-refractivity contribution in [1.82, 2.24) is 19.0 Å². The van der Waals surface area contributed by atoms with Gasteiger partial charge < -0.3 is 14.6 Å². The third-order valence-corrected chi connectivity index (χ3v) is 5.73. The molecule has 154 valence electrons. The molecule has 3 aromatic rings. The number of pyridine rings is 1. The van der Waals surface area contributed by atoms with E-state index in [0.29, 0.717) is 12.2 Å². The number of aromatic nitrogens is 2. The van der Waals surface area contributed by atoms with E-state index in [9.17, 15) is 4.79 Å². The van der Waals surface area contributed by atoms with Gasteiger partial charge in [0.05, 0.1) is 0 Å². The van der Waals surface area contributed by atoms with Crippen LogP contribution in [0.4, 0.5) is 5.69 Å². The van der Waals surface area contributed by atoms with E-state index in [2.05, 4.69) is 50.0 Å². The van der Waals surface area contributed by atoms with E-state index in [4.69, 9.17) is 0 Å². The molecule has 0 spiro atoms. The summed E-state index contributed by atoms with van der Waals surface area (Å²) < 4.78 is 4.24. The lowest BCUT2D eigenvalue weighted by Gasteiger charge is -2.34. The Balaban J connectivity index is 0.00000117. The van der Waals surface area contributed by atoms with Crippen LogP contribution in [0.25, 0.3) is 5.65 Å². The van der Waals surface area contributed by atoms with Gasteiger partial charge >= 0.3 is 0 Å². The quantitative estimate of drug-likeness (QED) is 0.649. The Labute approximate surface area is 177 Å². The minimum absolute atomic E-state index is 0.157. The van der Waals surface area contributed by atoms with Gasteiger partial charge in [0, 0.05) is 50.8 Å². The zero-order valence-electron chi connectivity index (χ0n) is 17.3. The van der Waals surface area contributed by atoms with Gasteiger partial charge in [0.1, 0.15) is 11.3 Å². The van der Waals surface area contributed by atoms with E-state index in [0.717, 1.165) is 37.4 Å². The molecular weight excluding hydrogens is 382 g/mol. The van der Waals surface area contributed by atoms with Crippen molar-refractivity contribution in [2.45, 2.75) is 20.4 Å². The number of hydrogen-bond donors (Lipinski definition) is 1. The highest BCUT2D eigenvalue weighted by atomic mass is 32.2. The molecule has 0 aliphatic carbocycles. The molecule has 0 unspecified atom stereocenters. The maximum Gasteiger partial charge on any atom is 0.271 e. The van der Waals surface area contributed by atoms with Gasteiger partial charge in [-0.2, -0.15) is 0 Å². The van der Waals surface area contributed by atoms with Crippen LogP contribution in [0.1, 0.15) is 29.9 Å². The molecule has 3 heterocycles. The lowest BCUT2D eigenvalue weighted by atomic mass is 10.2. The third-order valence-electron chi connectivity index (χ3n) is 4.85. The number of hydrogen-bond acceptors (Lipinski definition) is 5. The summed E-state index contributed by atoms with van der Waals surface area (Å²) in [7, 11) is 0. The molecule has 29 heavy (non-hydrogen) atoms. The van der Waals surface area contributed by atoms with Crippen molar-refractivity contribution in [2.75, 3.05) is 37.3 Å². The molecule has 1 N–H and O–H groups in total. The largest absolute Gasteiger partial charge is 0.369 e. The molecule has 1 aliphatic heterocycles. The summed E-state index contributed by atoms with van der Waals surface area (Å²) in [5.74, 6) is -0.157. The Kier molecular flexibility index (Phi) is 7.55. The van der Waals surface area contributed by atoms with Crippen LogP contribution in [-0.4, -0.2) is 52.0 Å². The van der Waals surface area contributed by atoms with Gasteiger partial charge in [-0.15, -0.1) is 0 Å². The van der Waals surface area contributed by atoms with Crippen LogP contribution in [0.2, 0.25) is 0 Å². The molecule has 1 fully saturated rings. The molecular formula is C22H29N5OS. The third kappa shape index (κ3) is 5.31. The minimum atomic E-state index is -0.157. The van der Waals surface area contributed by atoms with Gasteiger partial charge in [-0.25, -0.2) is 9.29 Å². The zero-order valence-corrected chi connectivity index (χ0v) is 18.2. The number of benzene rings is 1. The highest BCUT2D eigenvalue weighted by molar-refractivity contribution is 7.96. The zero-order chi connectivity index (χ0) is 20.6. The number of rotatable bonds is 5. The van der Waals surface area contributed by atoms with E-state index in [-0.39, 0.29) is 5.91 Å². The first-order valence-corrected chi connectivity index (χ1v) is 11.3. The second-order valence-electron chi connectivity index (χ2n) is 6.54. The number of anilines is 1.